The number of nitrogens with zero attached hydrogens (tertiary/aromatic N) is 2. The Kier molecular flexibility index (Phi) is 5.35. The fourth-order valence-electron chi connectivity index (χ4n) is 1.84. The molecule has 0 unspecified atom stereocenters. The van der Waals surface area contributed by atoms with E-state index in [2.05, 4.69) is 29.4 Å². The molecule has 0 saturated carbocycles. The lowest BCUT2D eigenvalue weighted by molar-refractivity contribution is 0.318. The summed E-state index contributed by atoms with van der Waals surface area (Å²) in [6.45, 7) is 5.83. The molecule has 2 rings (SSSR count). The summed E-state index contributed by atoms with van der Waals surface area (Å²) in [5.74, 6) is 1.67. The Morgan fingerprint density at radius 2 is 1.85 bits per heavy atom. The molecule has 0 radical (unpaired) electrons. The average Bonchev–Trinajstić information content (AvgIpc) is 2.52. The Hall–Kier alpha value is -2.10. The first kappa shape index (κ1) is 14.3. The highest BCUT2D eigenvalue weighted by Crippen LogP contribution is 2.28. The Morgan fingerprint density at radius 3 is 2.55 bits per heavy atom. The van der Waals surface area contributed by atoms with E-state index >= 15 is 0 Å². The zero-order valence-electron chi connectivity index (χ0n) is 12.1. The van der Waals surface area contributed by atoms with Crippen LogP contribution in [0, 0.1) is 0 Å². The molecule has 0 bridgehead atoms. The maximum absolute atomic E-state index is 5.75. The van der Waals surface area contributed by atoms with Crippen LogP contribution in [-0.2, 0) is 0 Å². The summed E-state index contributed by atoms with van der Waals surface area (Å²) in [4.78, 5) is 0. The Bertz CT molecular complexity index is 526. The van der Waals surface area contributed by atoms with E-state index in [1.807, 2.05) is 36.4 Å². The number of anilines is 1. The Morgan fingerprint density at radius 1 is 1.00 bits per heavy atom. The van der Waals surface area contributed by atoms with Gasteiger partial charge in [0.2, 0.25) is 0 Å². The number of nitrogens with one attached hydrogen (secondary N) is 1. The minimum absolute atomic E-state index is 0.709. The van der Waals surface area contributed by atoms with Crippen LogP contribution in [-0.4, -0.2) is 23.3 Å². The summed E-state index contributed by atoms with van der Waals surface area (Å²) in [6.07, 6.45) is 2.05. The van der Waals surface area contributed by atoms with Gasteiger partial charge in [-0.15, -0.1) is 10.2 Å². The van der Waals surface area contributed by atoms with E-state index in [1.54, 1.807) is 0 Å². The van der Waals surface area contributed by atoms with Crippen molar-refractivity contribution in [3.63, 3.8) is 0 Å². The number of para-hydroxylation sites is 1. The minimum Gasteiger partial charge on any atom is -0.493 e. The van der Waals surface area contributed by atoms with Crippen LogP contribution in [0.5, 0.6) is 5.75 Å². The molecule has 4 nitrogen and oxygen atoms in total. The summed E-state index contributed by atoms with van der Waals surface area (Å²) in [5.41, 5.74) is 1.81. The van der Waals surface area contributed by atoms with Gasteiger partial charge >= 0.3 is 0 Å². The van der Waals surface area contributed by atoms with Gasteiger partial charge in [-0.1, -0.05) is 26.0 Å². The summed E-state index contributed by atoms with van der Waals surface area (Å²) in [6, 6.07) is 11.9. The quantitative estimate of drug-likeness (QED) is 0.833. The summed E-state index contributed by atoms with van der Waals surface area (Å²) in [5, 5.41) is 11.7. The van der Waals surface area contributed by atoms with Crippen LogP contribution in [0.15, 0.2) is 36.4 Å². The van der Waals surface area contributed by atoms with E-state index in [0.717, 1.165) is 42.2 Å². The largest absolute Gasteiger partial charge is 0.493 e. The normalized spacial score (nSPS) is 10.3. The molecule has 0 aliphatic rings. The first-order valence-corrected chi connectivity index (χ1v) is 7.15. The molecule has 0 amide bonds. The van der Waals surface area contributed by atoms with Gasteiger partial charge in [-0.3, -0.25) is 0 Å². The maximum Gasteiger partial charge on any atom is 0.148 e. The molecule has 1 heterocycles. The molecule has 0 spiro atoms. The molecular formula is C16H21N3O. The molecule has 1 aromatic carbocycles. The second-order valence-electron chi connectivity index (χ2n) is 4.58. The van der Waals surface area contributed by atoms with Crippen LogP contribution in [0.25, 0.3) is 11.3 Å². The van der Waals surface area contributed by atoms with Gasteiger partial charge in [0, 0.05) is 12.1 Å². The van der Waals surface area contributed by atoms with Crippen molar-refractivity contribution in [3.8, 4) is 17.0 Å². The predicted molar refractivity (Wildman–Crippen MR) is 82.0 cm³/mol. The molecule has 2 aromatic rings. The van der Waals surface area contributed by atoms with Crippen LogP contribution < -0.4 is 10.1 Å². The van der Waals surface area contributed by atoms with Gasteiger partial charge in [0.15, 0.2) is 0 Å². The third-order valence-corrected chi connectivity index (χ3v) is 2.85. The van der Waals surface area contributed by atoms with E-state index in [0.29, 0.717) is 6.61 Å². The second-order valence-corrected chi connectivity index (χ2v) is 4.58. The van der Waals surface area contributed by atoms with Crippen LogP contribution in [0.2, 0.25) is 0 Å². The highest BCUT2D eigenvalue weighted by molar-refractivity contribution is 5.67. The first-order chi connectivity index (χ1) is 9.85. The average molecular weight is 271 g/mol. The number of hydrogen-bond donors (Lipinski definition) is 1. The topological polar surface area (TPSA) is 47.0 Å². The molecule has 0 fully saturated rings. The zero-order valence-corrected chi connectivity index (χ0v) is 12.1. The van der Waals surface area contributed by atoms with Gasteiger partial charge in [0.1, 0.15) is 11.6 Å². The number of benzene rings is 1. The fraction of sp³-hybridized carbons (Fsp3) is 0.375. The molecule has 106 valence electrons. The monoisotopic (exact) mass is 271 g/mol. The smallest absolute Gasteiger partial charge is 0.148 e. The number of rotatable bonds is 7. The molecule has 1 aromatic heterocycles. The number of hydrogen-bond acceptors (Lipinski definition) is 4. The van der Waals surface area contributed by atoms with Crippen LogP contribution in [0.1, 0.15) is 26.7 Å². The van der Waals surface area contributed by atoms with Crippen molar-refractivity contribution < 1.29 is 4.74 Å². The molecule has 4 heteroatoms. The van der Waals surface area contributed by atoms with Crippen molar-refractivity contribution in [2.75, 3.05) is 18.5 Å². The summed E-state index contributed by atoms with van der Waals surface area (Å²) < 4.78 is 5.75. The van der Waals surface area contributed by atoms with Crippen molar-refractivity contribution in [1.29, 1.82) is 0 Å². The van der Waals surface area contributed by atoms with Crippen LogP contribution in [0.4, 0.5) is 5.82 Å². The second kappa shape index (κ2) is 7.48. The maximum atomic E-state index is 5.75. The van der Waals surface area contributed by atoms with E-state index in [9.17, 15) is 0 Å². The van der Waals surface area contributed by atoms with E-state index in [1.165, 1.54) is 0 Å². The number of ether oxygens (including phenoxy) is 1. The van der Waals surface area contributed by atoms with Gasteiger partial charge < -0.3 is 10.1 Å². The van der Waals surface area contributed by atoms with Crippen LogP contribution >= 0.6 is 0 Å². The Balaban J connectivity index is 2.18. The standard InChI is InChI=1S/C16H21N3O/c1-3-11-17-16-10-9-14(18-19-16)13-7-5-6-8-15(13)20-12-4-2/h5-10H,3-4,11-12H2,1-2H3,(H,17,19). The van der Waals surface area contributed by atoms with E-state index < -0.39 is 0 Å². The van der Waals surface area contributed by atoms with Crippen molar-refractivity contribution in [2.45, 2.75) is 26.7 Å². The van der Waals surface area contributed by atoms with Gasteiger partial charge in [0.05, 0.1) is 12.3 Å². The Labute approximate surface area is 120 Å². The van der Waals surface area contributed by atoms with Gasteiger partial charge in [-0.2, -0.15) is 0 Å². The summed E-state index contributed by atoms with van der Waals surface area (Å²) in [7, 11) is 0. The minimum atomic E-state index is 0.709. The van der Waals surface area contributed by atoms with E-state index in [4.69, 9.17) is 4.74 Å². The first-order valence-electron chi connectivity index (χ1n) is 7.15. The molecule has 0 atom stereocenters. The van der Waals surface area contributed by atoms with Crippen LogP contribution in [0.3, 0.4) is 0 Å². The summed E-state index contributed by atoms with van der Waals surface area (Å²) >= 11 is 0. The number of aromatic nitrogens is 2. The van der Waals surface area contributed by atoms with Gasteiger partial charge in [-0.05, 0) is 37.1 Å². The fourth-order valence-corrected chi connectivity index (χ4v) is 1.84. The van der Waals surface area contributed by atoms with Crippen molar-refractivity contribution in [2.24, 2.45) is 0 Å². The highest BCUT2D eigenvalue weighted by atomic mass is 16.5. The molecule has 0 aliphatic carbocycles. The van der Waals surface area contributed by atoms with Gasteiger partial charge in [-0.25, -0.2) is 0 Å². The van der Waals surface area contributed by atoms with Crippen molar-refractivity contribution >= 4 is 5.82 Å². The van der Waals surface area contributed by atoms with Gasteiger partial charge in [0.25, 0.3) is 0 Å². The molecular weight excluding hydrogens is 250 g/mol. The third kappa shape index (κ3) is 3.70. The lowest BCUT2D eigenvalue weighted by Gasteiger charge is -2.10. The predicted octanol–water partition coefficient (Wildman–Crippen LogP) is 3.75. The lowest BCUT2D eigenvalue weighted by atomic mass is 10.1. The zero-order chi connectivity index (χ0) is 14.2. The highest BCUT2D eigenvalue weighted by Gasteiger charge is 2.07. The van der Waals surface area contributed by atoms with Crippen molar-refractivity contribution in [3.05, 3.63) is 36.4 Å². The molecule has 0 saturated heterocycles. The SMILES string of the molecule is CCCNc1ccc(-c2ccccc2OCCC)nn1. The van der Waals surface area contributed by atoms with Crippen molar-refractivity contribution in [1.82, 2.24) is 10.2 Å². The lowest BCUT2D eigenvalue weighted by Crippen LogP contribution is -2.03. The third-order valence-electron chi connectivity index (χ3n) is 2.85. The molecule has 1 N–H and O–H groups in total. The van der Waals surface area contributed by atoms with E-state index in [-0.39, 0.29) is 0 Å². The molecule has 20 heavy (non-hydrogen) atoms. The molecule has 0 aliphatic heterocycles.